The van der Waals surface area contributed by atoms with Gasteiger partial charge in [0, 0.05) is 20.2 Å². The molecule has 6 heteroatoms. The molecule has 1 aromatic rings. The van der Waals surface area contributed by atoms with Gasteiger partial charge in [-0.3, -0.25) is 0 Å². The molecule has 1 unspecified atom stereocenters. The summed E-state index contributed by atoms with van der Waals surface area (Å²) in [5, 5.41) is 3.25. The molecule has 0 radical (unpaired) electrons. The van der Waals surface area contributed by atoms with E-state index in [0.717, 1.165) is 12.1 Å². The Kier molecular flexibility index (Phi) is 7.56. The average Bonchev–Trinajstić information content (AvgIpc) is 2.51. The van der Waals surface area contributed by atoms with Crippen LogP contribution in [0, 0.1) is 0 Å². The van der Waals surface area contributed by atoms with E-state index in [0.29, 0.717) is 24.7 Å². The molecule has 0 amide bonds. The van der Waals surface area contributed by atoms with Gasteiger partial charge in [-0.1, -0.05) is 6.07 Å². The molecule has 0 bridgehead atoms. The van der Waals surface area contributed by atoms with Gasteiger partial charge < -0.3 is 24.3 Å². The predicted molar refractivity (Wildman–Crippen MR) is 78.7 cm³/mol. The molecule has 118 valence electrons. The Hall–Kier alpha value is -1.79. The Labute approximate surface area is 125 Å². The molecule has 1 N–H and O–H groups in total. The summed E-state index contributed by atoms with van der Waals surface area (Å²) in [5.41, 5.74) is 1.06. The number of nitrogens with one attached hydrogen (secondary N) is 1. The monoisotopic (exact) mass is 297 g/mol. The van der Waals surface area contributed by atoms with E-state index in [1.54, 1.807) is 27.2 Å². The number of carbonyl (C=O) groups is 1. The van der Waals surface area contributed by atoms with Crippen LogP contribution in [0.2, 0.25) is 0 Å². The van der Waals surface area contributed by atoms with Crippen molar-refractivity contribution in [2.24, 2.45) is 0 Å². The molecule has 0 aliphatic rings. The van der Waals surface area contributed by atoms with E-state index >= 15 is 0 Å². The van der Waals surface area contributed by atoms with Crippen LogP contribution in [-0.2, 0) is 20.8 Å². The van der Waals surface area contributed by atoms with Crippen molar-refractivity contribution in [2.75, 3.05) is 34.5 Å². The molecular formula is C15H23NO5. The third kappa shape index (κ3) is 5.61. The van der Waals surface area contributed by atoms with E-state index < -0.39 is 12.1 Å². The van der Waals surface area contributed by atoms with Crippen LogP contribution in [0.25, 0.3) is 0 Å². The maximum Gasteiger partial charge on any atom is 0.346 e. The second-order valence-electron chi connectivity index (χ2n) is 4.44. The molecule has 0 heterocycles. The van der Waals surface area contributed by atoms with E-state index in [2.05, 4.69) is 10.1 Å². The molecule has 0 fully saturated rings. The van der Waals surface area contributed by atoms with Gasteiger partial charge in [0.1, 0.15) is 0 Å². The molecular weight excluding hydrogens is 274 g/mol. The second-order valence-corrected chi connectivity index (χ2v) is 4.44. The van der Waals surface area contributed by atoms with Crippen molar-refractivity contribution in [3.63, 3.8) is 0 Å². The summed E-state index contributed by atoms with van der Waals surface area (Å²) in [6.07, 6.45) is -0.686. The summed E-state index contributed by atoms with van der Waals surface area (Å²) in [4.78, 5) is 11.4. The number of hydrogen-bond donors (Lipinski definition) is 1. The van der Waals surface area contributed by atoms with Crippen molar-refractivity contribution in [3.05, 3.63) is 23.8 Å². The van der Waals surface area contributed by atoms with Crippen LogP contribution in [0.15, 0.2) is 18.2 Å². The Bertz CT molecular complexity index is 450. The lowest BCUT2D eigenvalue weighted by atomic mass is 10.2. The van der Waals surface area contributed by atoms with Crippen LogP contribution < -0.4 is 14.8 Å². The van der Waals surface area contributed by atoms with Crippen molar-refractivity contribution >= 4 is 5.97 Å². The van der Waals surface area contributed by atoms with Gasteiger partial charge in [-0.05, 0) is 24.6 Å². The van der Waals surface area contributed by atoms with Crippen molar-refractivity contribution < 1.29 is 23.7 Å². The first kappa shape index (κ1) is 17.3. The number of benzene rings is 1. The van der Waals surface area contributed by atoms with E-state index in [1.807, 2.05) is 12.1 Å². The van der Waals surface area contributed by atoms with Gasteiger partial charge in [0.05, 0.1) is 20.8 Å². The fourth-order valence-corrected chi connectivity index (χ4v) is 1.73. The zero-order valence-electron chi connectivity index (χ0n) is 13.0. The largest absolute Gasteiger partial charge is 0.493 e. The summed E-state index contributed by atoms with van der Waals surface area (Å²) in [6.45, 7) is 3.77. The Balaban J connectivity index is 2.67. The van der Waals surface area contributed by atoms with E-state index in [-0.39, 0.29) is 0 Å². The van der Waals surface area contributed by atoms with Gasteiger partial charge in [0.15, 0.2) is 17.6 Å². The molecule has 6 nitrogen and oxygen atoms in total. The number of ether oxygens (including phenoxy) is 4. The average molecular weight is 297 g/mol. The van der Waals surface area contributed by atoms with Gasteiger partial charge in [-0.25, -0.2) is 4.79 Å². The Morgan fingerprint density at radius 3 is 2.62 bits per heavy atom. The first-order valence-corrected chi connectivity index (χ1v) is 6.73. The first-order valence-electron chi connectivity index (χ1n) is 6.73. The quantitative estimate of drug-likeness (QED) is 0.548. The number of carbonyl (C=O) groups excluding carboxylic acids is 1. The van der Waals surface area contributed by atoms with Crippen LogP contribution in [0.4, 0.5) is 0 Å². The number of esters is 1. The fraction of sp³-hybridized carbons (Fsp3) is 0.533. The molecule has 0 spiro atoms. The number of methoxy groups -OCH3 is 3. The highest BCUT2D eigenvalue weighted by Gasteiger charge is 2.17. The van der Waals surface area contributed by atoms with Crippen molar-refractivity contribution in [1.82, 2.24) is 5.32 Å². The molecule has 0 saturated heterocycles. The van der Waals surface area contributed by atoms with Crippen LogP contribution >= 0.6 is 0 Å². The second kappa shape index (κ2) is 9.20. The third-order valence-corrected chi connectivity index (χ3v) is 2.88. The van der Waals surface area contributed by atoms with Gasteiger partial charge in [-0.15, -0.1) is 0 Å². The zero-order chi connectivity index (χ0) is 15.7. The number of rotatable bonds is 9. The highest BCUT2D eigenvalue weighted by atomic mass is 16.6. The summed E-state index contributed by atoms with van der Waals surface area (Å²) in [6, 6.07) is 5.58. The molecule has 1 aromatic carbocycles. The third-order valence-electron chi connectivity index (χ3n) is 2.88. The maximum atomic E-state index is 11.4. The van der Waals surface area contributed by atoms with Crippen LogP contribution in [0.3, 0.4) is 0 Å². The van der Waals surface area contributed by atoms with E-state index in [4.69, 9.17) is 14.2 Å². The molecule has 0 saturated carbocycles. The number of hydrogen-bond acceptors (Lipinski definition) is 6. The van der Waals surface area contributed by atoms with Gasteiger partial charge >= 0.3 is 5.97 Å². The summed E-state index contributed by atoms with van der Waals surface area (Å²) >= 11 is 0. The standard InChI is InChI=1S/C15H23NO5/c1-11(15(17)20-4)21-13-6-5-12(9-14(13)19-3)10-16-7-8-18-2/h5-6,9,11,16H,7-8,10H2,1-4H3. The van der Waals surface area contributed by atoms with Gasteiger partial charge in [-0.2, -0.15) is 0 Å². The molecule has 0 aliphatic heterocycles. The summed E-state index contributed by atoms with van der Waals surface area (Å²) < 4.78 is 20.4. The smallest absolute Gasteiger partial charge is 0.346 e. The van der Waals surface area contributed by atoms with E-state index in [9.17, 15) is 4.79 Å². The Morgan fingerprint density at radius 1 is 1.24 bits per heavy atom. The van der Waals surface area contributed by atoms with Crippen molar-refractivity contribution in [3.8, 4) is 11.5 Å². The molecule has 1 rings (SSSR count). The van der Waals surface area contributed by atoms with Gasteiger partial charge in [0.25, 0.3) is 0 Å². The minimum atomic E-state index is -0.686. The van der Waals surface area contributed by atoms with E-state index in [1.165, 1.54) is 7.11 Å². The van der Waals surface area contributed by atoms with Crippen LogP contribution in [0.5, 0.6) is 11.5 Å². The SMILES string of the molecule is COCCNCc1ccc(OC(C)C(=O)OC)c(OC)c1. The minimum absolute atomic E-state index is 0.428. The normalized spacial score (nSPS) is 11.8. The fourth-order valence-electron chi connectivity index (χ4n) is 1.73. The van der Waals surface area contributed by atoms with Crippen LogP contribution in [0.1, 0.15) is 12.5 Å². The lowest BCUT2D eigenvalue weighted by molar-refractivity contribution is -0.147. The minimum Gasteiger partial charge on any atom is -0.493 e. The highest BCUT2D eigenvalue weighted by Crippen LogP contribution is 2.29. The lowest BCUT2D eigenvalue weighted by Gasteiger charge is -2.16. The van der Waals surface area contributed by atoms with Gasteiger partial charge in [0.2, 0.25) is 0 Å². The summed E-state index contributed by atoms with van der Waals surface area (Å²) in [7, 11) is 4.56. The summed E-state index contributed by atoms with van der Waals surface area (Å²) in [5.74, 6) is 0.662. The first-order chi connectivity index (χ1) is 10.1. The molecule has 0 aromatic heterocycles. The predicted octanol–water partition coefficient (Wildman–Crippen LogP) is 1.37. The van der Waals surface area contributed by atoms with Crippen molar-refractivity contribution in [1.29, 1.82) is 0 Å². The van der Waals surface area contributed by atoms with Crippen LogP contribution in [-0.4, -0.2) is 46.6 Å². The van der Waals surface area contributed by atoms with Crippen molar-refractivity contribution in [2.45, 2.75) is 19.6 Å². The highest BCUT2D eigenvalue weighted by molar-refractivity contribution is 5.74. The Morgan fingerprint density at radius 2 is 2.00 bits per heavy atom. The maximum absolute atomic E-state index is 11.4. The lowest BCUT2D eigenvalue weighted by Crippen LogP contribution is -2.25. The molecule has 0 aliphatic carbocycles. The molecule has 1 atom stereocenters. The molecule has 21 heavy (non-hydrogen) atoms. The zero-order valence-corrected chi connectivity index (χ0v) is 13.0. The topological polar surface area (TPSA) is 66.0 Å².